The van der Waals surface area contributed by atoms with Crippen LogP contribution in [0.2, 0.25) is 0 Å². The van der Waals surface area contributed by atoms with Crippen LogP contribution in [0.4, 0.5) is 0 Å². The summed E-state index contributed by atoms with van der Waals surface area (Å²) in [6.45, 7) is 3.62. The van der Waals surface area contributed by atoms with Gasteiger partial charge in [0.2, 0.25) is 10.0 Å². The standard InChI is InChI=1S/C17H20N4O3S2/c1-11-16(12(2)21-20-11)26(22,23)18-9-8-13-10-25-17(19-13)14-6-4-5-7-15(14)24-3/h4-7,10,18H,8-9H2,1-3H3,(H,20,21). The fraction of sp³-hybridized carbons (Fsp3) is 0.294. The van der Waals surface area contributed by atoms with Gasteiger partial charge in [0, 0.05) is 18.3 Å². The molecular formula is C17H20N4O3S2. The van der Waals surface area contributed by atoms with E-state index >= 15 is 0 Å². The number of sulfonamides is 1. The number of aryl methyl sites for hydroxylation is 2. The second kappa shape index (κ2) is 7.56. The normalized spacial score (nSPS) is 11.7. The Bertz CT molecular complexity index is 989. The zero-order valence-electron chi connectivity index (χ0n) is 14.7. The lowest BCUT2D eigenvalue weighted by atomic mass is 10.2. The summed E-state index contributed by atoms with van der Waals surface area (Å²) in [4.78, 5) is 4.81. The van der Waals surface area contributed by atoms with Crippen molar-refractivity contribution in [2.24, 2.45) is 0 Å². The lowest BCUT2D eigenvalue weighted by Gasteiger charge is -2.06. The van der Waals surface area contributed by atoms with Gasteiger partial charge in [-0.2, -0.15) is 5.10 Å². The van der Waals surface area contributed by atoms with E-state index in [2.05, 4.69) is 19.9 Å². The highest BCUT2D eigenvalue weighted by molar-refractivity contribution is 7.89. The second-order valence-electron chi connectivity index (χ2n) is 5.76. The van der Waals surface area contributed by atoms with Crippen molar-refractivity contribution in [2.45, 2.75) is 25.2 Å². The van der Waals surface area contributed by atoms with Crippen LogP contribution in [0, 0.1) is 13.8 Å². The molecule has 0 atom stereocenters. The van der Waals surface area contributed by atoms with Crippen molar-refractivity contribution < 1.29 is 13.2 Å². The number of hydrogen-bond donors (Lipinski definition) is 2. The van der Waals surface area contributed by atoms with Crippen molar-refractivity contribution in [3.8, 4) is 16.3 Å². The van der Waals surface area contributed by atoms with E-state index in [0.717, 1.165) is 22.0 Å². The highest BCUT2D eigenvalue weighted by Gasteiger charge is 2.21. The summed E-state index contributed by atoms with van der Waals surface area (Å²) >= 11 is 1.51. The molecule has 3 aromatic rings. The maximum absolute atomic E-state index is 12.4. The molecule has 0 saturated heterocycles. The van der Waals surface area contributed by atoms with Gasteiger partial charge < -0.3 is 4.74 Å². The van der Waals surface area contributed by atoms with Crippen LogP contribution in [0.3, 0.4) is 0 Å². The largest absolute Gasteiger partial charge is 0.496 e. The molecule has 7 nitrogen and oxygen atoms in total. The van der Waals surface area contributed by atoms with Crippen LogP contribution >= 0.6 is 11.3 Å². The first kappa shape index (κ1) is 18.6. The summed E-state index contributed by atoms with van der Waals surface area (Å²) in [6, 6.07) is 7.68. The molecule has 2 heterocycles. The first-order valence-corrected chi connectivity index (χ1v) is 10.4. The molecule has 0 spiro atoms. The van der Waals surface area contributed by atoms with E-state index in [9.17, 15) is 8.42 Å². The number of para-hydroxylation sites is 1. The fourth-order valence-corrected chi connectivity index (χ4v) is 4.97. The van der Waals surface area contributed by atoms with Crippen molar-refractivity contribution in [1.29, 1.82) is 0 Å². The summed E-state index contributed by atoms with van der Waals surface area (Å²) in [7, 11) is -1.97. The Kier molecular flexibility index (Phi) is 5.40. The third-order valence-electron chi connectivity index (χ3n) is 3.89. The number of nitrogens with one attached hydrogen (secondary N) is 2. The predicted molar refractivity (Wildman–Crippen MR) is 101 cm³/mol. The number of H-pyrrole nitrogens is 1. The summed E-state index contributed by atoms with van der Waals surface area (Å²) in [5.74, 6) is 0.764. The maximum atomic E-state index is 12.4. The van der Waals surface area contributed by atoms with Crippen molar-refractivity contribution in [1.82, 2.24) is 19.9 Å². The minimum atomic E-state index is -3.59. The molecule has 0 fully saturated rings. The first-order valence-electron chi connectivity index (χ1n) is 8.01. The van der Waals surface area contributed by atoms with Gasteiger partial charge in [0.25, 0.3) is 0 Å². The SMILES string of the molecule is COc1ccccc1-c1nc(CCNS(=O)(=O)c2c(C)n[nH]c2C)cs1. The van der Waals surface area contributed by atoms with E-state index in [4.69, 9.17) is 4.74 Å². The molecule has 0 unspecified atom stereocenters. The molecule has 0 radical (unpaired) electrons. The van der Waals surface area contributed by atoms with E-state index in [1.54, 1.807) is 21.0 Å². The molecule has 3 rings (SSSR count). The van der Waals surface area contributed by atoms with Gasteiger partial charge in [-0.05, 0) is 26.0 Å². The Morgan fingerprint density at radius 2 is 2.04 bits per heavy atom. The van der Waals surface area contributed by atoms with Gasteiger partial charge in [0.15, 0.2) is 0 Å². The maximum Gasteiger partial charge on any atom is 0.244 e. The number of rotatable bonds is 7. The lowest BCUT2D eigenvalue weighted by molar-refractivity contribution is 0.416. The number of nitrogens with zero attached hydrogens (tertiary/aromatic N) is 2. The van der Waals surface area contributed by atoms with Crippen molar-refractivity contribution in [3.05, 3.63) is 46.7 Å². The van der Waals surface area contributed by atoms with E-state index in [1.807, 2.05) is 29.6 Å². The minimum Gasteiger partial charge on any atom is -0.496 e. The van der Waals surface area contributed by atoms with Crippen LogP contribution < -0.4 is 9.46 Å². The average molecular weight is 393 g/mol. The molecule has 9 heteroatoms. The molecule has 1 aromatic carbocycles. The quantitative estimate of drug-likeness (QED) is 0.644. The van der Waals surface area contributed by atoms with Gasteiger partial charge in [-0.15, -0.1) is 11.3 Å². The molecule has 0 bridgehead atoms. The lowest BCUT2D eigenvalue weighted by Crippen LogP contribution is -2.27. The van der Waals surface area contributed by atoms with Gasteiger partial charge in [0.05, 0.1) is 29.8 Å². The molecule has 2 aromatic heterocycles. The van der Waals surface area contributed by atoms with Crippen molar-refractivity contribution >= 4 is 21.4 Å². The number of ether oxygens (including phenoxy) is 1. The van der Waals surface area contributed by atoms with E-state index in [-0.39, 0.29) is 11.4 Å². The molecule has 0 saturated carbocycles. The van der Waals surface area contributed by atoms with Gasteiger partial charge in [0.1, 0.15) is 15.7 Å². The van der Waals surface area contributed by atoms with Crippen LogP contribution in [-0.4, -0.2) is 37.3 Å². The molecule has 0 aliphatic heterocycles. The zero-order chi connectivity index (χ0) is 18.7. The van der Waals surface area contributed by atoms with E-state index in [1.165, 1.54) is 11.3 Å². The fourth-order valence-electron chi connectivity index (χ4n) is 2.69. The first-order chi connectivity index (χ1) is 12.4. The van der Waals surface area contributed by atoms with Crippen LogP contribution in [0.1, 0.15) is 17.1 Å². The highest BCUT2D eigenvalue weighted by atomic mass is 32.2. The number of aromatic amines is 1. The summed E-state index contributed by atoms with van der Waals surface area (Å²) < 4.78 is 32.8. The highest BCUT2D eigenvalue weighted by Crippen LogP contribution is 2.31. The number of methoxy groups -OCH3 is 1. The molecule has 26 heavy (non-hydrogen) atoms. The topological polar surface area (TPSA) is 97.0 Å². The number of thiazole rings is 1. The Labute approximate surface area is 156 Å². The Hall–Kier alpha value is -2.23. The van der Waals surface area contributed by atoms with Gasteiger partial charge in [-0.3, -0.25) is 5.10 Å². The van der Waals surface area contributed by atoms with E-state index in [0.29, 0.717) is 17.8 Å². The van der Waals surface area contributed by atoms with Crippen LogP contribution in [-0.2, 0) is 16.4 Å². The number of hydrogen-bond acceptors (Lipinski definition) is 6. The smallest absolute Gasteiger partial charge is 0.244 e. The van der Waals surface area contributed by atoms with Gasteiger partial charge in [-0.1, -0.05) is 12.1 Å². The van der Waals surface area contributed by atoms with Crippen molar-refractivity contribution in [3.63, 3.8) is 0 Å². The average Bonchev–Trinajstić information content (AvgIpc) is 3.21. The molecule has 0 aliphatic rings. The molecule has 0 amide bonds. The van der Waals surface area contributed by atoms with Crippen LogP contribution in [0.25, 0.3) is 10.6 Å². The molecule has 2 N–H and O–H groups in total. The third-order valence-corrected chi connectivity index (χ3v) is 6.54. The third kappa shape index (κ3) is 3.79. The summed E-state index contributed by atoms with van der Waals surface area (Å²) in [5, 5.41) is 9.41. The monoisotopic (exact) mass is 392 g/mol. The van der Waals surface area contributed by atoms with Crippen molar-refractivity contribution in [2.75, 3.05) is 13.7 Å². The number of benzene rings is 1. The Morgan fingerprint density at radius 3 is 2.73 bits per heavy atom. The summed E-state index contributed by atoms with van der Waals surface area (Å²) in [5.41, 5.74) is 2.75. The minimum absolute atomic E-state index is 0.213. The molecule has 138 valence electrons. The van der Waals surface area contributed by atoms with E-state index < -0.39 is 10.0 Å². The van der Waals surface area contributed by atoms with Crippen LogP contribution in [0.5, 0.6) is 5.75 Å². The van der Waals surface area contributed by atoms with Gasteiger partial charge >= 0.3 is 0 Å². The molecule has 0 aliphatic carbocycles. The second-order valence-corrected chi connectivity index (χ2v) is 8.32. The van der Waals surface area contributed by atoms with Gasteiger partial charge in [-0.25, -0.2) is 18.1 Å². The number of aromatic nitrogens is 3. The van der Waals surface area contributed by atoms with Crippen LogP contribution in [0.15, 0.2) is 34.5 Å². The predicted octanol–water partition coefficient (Wildman–Crippen LogP) is 2.68. The summed E-state index contributed by atoms with van der Waals surface area (Å²) in [6.07, 6.45) is 0.501. The molecular weight excluding hydrogens is 372 g/mol. The Balaban J connectivity index is 1.67. The zero-order valence-corrected chi connectivity index (χ0v) is 16.4. The Morgan fingerprint density at radius 1 is 1.27 bits per heavy atom.